The van der Waals surface area contributed by atoms with Crippen molar-refractivity contribution in [2.24, 2.45) is 0 Å². The van der Waals surface area contributed by atoms with Gasteiger partial charge in [0.05, 0.1) is 34.1 Å². The summed E-state index contributed by atoms with van der Waals surface area (Å²) in [4.78, 5) is 27.1. The minimum Gasteiger partial charge on any atom is -0.462 e. The number of nitrogens with one attached hydrogen (secondary N) is 1. The monoisotopic (exact) mass is 738 g/mol. The van der Waals surface area contributed by atoms with Crippen molar-refractivity contribution in [3.05, 3.63) is 100.0 Å². The zero-order valence-corrected chi connectivity index (χ0v) is 27.6. The normalized spacial score (nSPS) is 13.7. The van der Waals surface area contributed by atoms with Crippen LogP contribution in [0.2, 0.25) is 0 Å². The van der Waals surface area contributed by atoms with Gasteiger partial charge in [-0.15, -0.1) is 0 Å². The third kappa shape index (κ3) is 6.04. The van der Waals surface area contributed by atoms with Gasteiger partial charge in [-0.1, -0.05) is 44.0 Å². The number of carbonyl (C=O) groups is 1. The van der Waals surface area contributed by atoms with Crippen molar-refractivity contribution >= 4 is 75.8 Å². The first-order valence-electron chi connectivity index (χ1n) is 13.9. The molecule has 1 N–H and O–H groups in total. The number of pyridine rings is 1. The maximum absolute atomic E-state index is 13.5. The van der Waals surface area contributed by atoms with Gasteiger partial charge >= 0.3 is 5.97 Å². The Bertz CT molecular complexity index is 1930. The zero-order valence-electron chi connectivity index (χ0n) is 23.7. The van der Waals surface area contributed by atoms with Crippen LogP contribution in [0.15, 0.2) is 99.3 Å². The molecule has 0 radical (unpaired) electrons. The highest BCUT2D eigenvalue weighted by Crippen LogP contribution is 2.37. The van der Waals surface area contributed by atoms with Crippen LogP contribution < -0.4 is 14.5 Å². The van der Waals surface area contributed by atoms with E-state index in [1.165, 1.54) is 0 Å². The molecule has 0 amide bonds. The third-order valence-electron chi connectivity index (χ3n) is 7.34. The maximum Gasteiger partial charge on any atom is 0.344 e. The molecule has 10 nitrogen and oxygen atoms in total. The Morgan fingerprint density at radius 1 is 0.955 bits per heavy atom. The lowest BCUT2D eigenvalue weighted by atomic mass is 10.1. The SMILES string of the molecule is CCOC(=O)c1c(-n2ccnc2)nc2ccc(Br)cc2c1N1CCN(c2ccccc2NS(=O)(=O)c2ccc(Br)cc2)CC1. The molecular formula is C31H28Br2N6O4S. The summed E-state index contributed by atoms with van der Waals surface area (Å²) in [6.07, 6.45) is 5.01. The molecule has 226 valence electrons. The predicted octanol–water partition coefficient (Wildman–Crippen LogP) is 6.25. The number of ether oxygens (including phenoxy) is 1. The van der Waals surface area contributed by atoms with Gasteiger partial charge in [0.25, 0.3) is 10.0 Å². The fourth-order valence-electron chi connectivity index (χ4n) is 5.32. The van der Waals surface area contributed by atoms with Crippen LogP contribution >= 0.6 is 31.9 Å². The van der Waals surface area contributed by atoms with Crippen LogP contribution in [0.25, 0.3) is 16.7 Å². The van der Waals surface area contributed by atoms with Crippen molar-refractivity contribution in [3.63, 3.8) is 0 Å². The topological polar surface area (TPSA) is 110 Å². The van der Waals surface area contributed by atoms with Gasteiger partial charge in [-0.05, 0) is 61.5 Å². The Hall–Kier alpha value is -3.94. The van der Waals surface area contributed by atoms with Crippen molar-refractivity contribution in [1.29, 1.82) is 0 Å². The second kappa shape index (κ2) is 12.6. The lowest BCUT2D eigenvalue weighted by Crippen LogP contribution is -2.47. The van der Waals surface area contributed by atoms with E-state index in [-0.39, 0.29) is 11.5 Å². The summed E-state index contributed by atoms with van der Waals surface area (Å²) in [7, 11) is -3.80. The largest absolute Gasteiger partial charge is 0.462 e. The molecule has 6 rings (SSSR count). The molecule has 1 saturated heterocycles. The number of benzene rings is 3. The number of rotatable bonds is 8. The van der Waals surface area contributed by atoms with Crippen molar-refractivity contribution in [3.8, 4) is 5.82 Å². The molecule has 1 fully saturated rings. The molecule has 0 saturated carbocycles. The van der Waals surface area contributed by atoms with Crippen LogP contribution in [0.3, 0.4) is 0 Å². The van der Waals surface area contributed by atoms with E-state index in [1.807, 2.05) is 36.4 Å². The number of aromatic nitrogens is 3. The Kier molecular flexibility index (Phi) is 8.61. The van der Waals surface area contributed by atoms with Gasteiger partial charge in [0.1, 0.15) is 11.9 Å². The third-order valence-corrected chi connectivity index (χ3v) is 9.74. The second-order valence-corrected chi connectivity index (χ2v) is 13.6. The van der Waals surface area contributed by atoms with Crippen LogP contribution in [0.1, 0.15) is 17.3 Å². The molecule has 0 atom stereocenters. The van der Waals surface area contributed by atoms with E-state index in [0.29, 0.717) is 43.2 Å². The summed E-state index contributed by atoms with van der Waals surface area (Å²) in [6, 6.07) is 19.7. The molecular weight excluding hydrogens is 712 g/mol. The van der Waals surface area contributed by atoms with Crippen LogP contribution in [0, 0.1) is 0 Å². The average molecular weight is 740 g/mol. The summed E-state index contributed by atoms with van der Waals surface area (Å²) >= 11 is 6.94. The fourth-order valence-corrected chi connectivity index (χ4v) is 7.02. The molecule has 3 aromatic carbocycles. The molecule has 5 aromatic rings. The lowest BCUT2D eigenvalue weighted by Gasteiger charge is -2.39. The molecule has 0 aliphatic carbocycles. The highest BCUT2D eigenvalue weighted by molar-refractivity contribution is 9.10. The predicted molar refractivity (Wildman–Crippen MR) is 178 cm³/mol. The first-order valence-corrected chi connectivity index (χ1v) is 17.0. The van der Waals surface area contributed by atoms with E-state index in [9.17, 15) is 13.2 Å². The average Bonchev–Trinajstić information content (AvgIpc) is 3.56. The summed E-state index contributed by atoms with van der Waals surface area (Å²) in [6.45, 7) is 4.29. The number of anilines is 3. The van der Waals surface area contributed by atoms with Crippen LogP contribution in [-0.2, 0) is 14.8 Å². The van der Waals surface area contributed by atoms with Crippen LogP contribution in [-0.4, -0.2) is 61.7 Å². The van der Waals surface area contributed by atoms with Crippen LogP contribution in [0.5, 0.6) is 0 Å². The van der Waals surface area contributed by atoms with Gasteiger partial charge in [0, 0.05) is 52.9 Å². The quantitative estimate of drug-likeness (QED) is 0.186. The van der Waals surface area contributed by atoms with Gasteiger partial charge < -0.3 is 14.5 Å². The van der Waals surface area contributed by atoms with Gasteiger partial charge in [-0.3, -0.25) is 9.29 Å². The number of hydrogen-bond acceptors (Lipinski definition) is 8. The number of fused-ring (bicyclic) bond motifs is 1. The molecule has 1 aliphatic rings. The van der Waals surface area contributed by atoms with Gasteiger partial charge in [-0.2, -0.15) is 0 Å². The molecule has 2 aromatic heterocycles. The molecule has 3 heterocycles. The number of sulfonamides is 1. The van der Waals surface area contributed by atoms with Gasteiger partial charge in [0.2, 0.25) is 0 Å². The number of imidazole rings is 1. The molecule has 44 heavy (non-hydrogen) atoms. The lowest BCUT2D eigenvalue weighted by molar-refractivity contribution is 0.0526. The second-order valence-electron chi connectivity index (χ2n) is 10.1. The summed E-state index contributed by atoms with van der Waals surface area (Å²) in [5, 5.41) is 0.822. The molecule has 0 unspecified atom stereocenters. The molecule has 1 aliphatic heterocycles. The minimum atomic E-state index is -3.80. The van der Waals surface area contributed by atoms with E-state index in [2.05, 4.69) is 51.4 Å². The highest BCUT2D eigenvalue weighted by atomic mass is 79.9. The van der Waals surface area contributed by atoms with Crippen molar-refractivity contribution < 1.29 is 17.9 Å². The number of nitrogens with zero attached hydrogens (tertiary/aromatic N) is 5. The number of esters is 1. The Morgan fingerprint density at radius 2 is 1.66 bits per heavy atom. The number of para-hydroxylation sites is 2. The summed E-state index contributed by atoms with van der Waals surface area (Å²) in [5.74, 6) is -0.0170. The van der Waals surface area contributed by atoms with Crippen molar-refractivity contribution in [2.75, 3.05) is 47.3 Å². The van der Waals surface area contributed by atoms with E-state index in [1.54, 1.807) is 60.5 Å². The Labute approximate surface area is 272 Å². The number of hydrogen-bond donors (Lipinski definition) is 1. The number of piperazine rings is 1. The fraction of sp³-hybridized carbons (Fsp3) is 0.194. The van der Waals surface area contributed by atoms with Crippen molar-refractivity contribution in [2.45, 2.75) is 11.8 Å². The molecule has 13 heteroatoms. The Balaban J connectivity index is 1.34. The zero-order chi connectivity index (χ0) is 30.8. The molecule has 0 spiro atoms. The van der Waals surface area contributed by atoms with Gasteiger partial charge in [0.15, 0.2) is 5.82 Å². The number of halogens is 2. The standard InChI is InChI=1S/C31H28Br2N6O4S/c1-2-43-31(40)28-29(24-19-22(33)9-12-25(24)35-30(28)39-14-13-34-20-39)38-17-15-37(16-18-38)27-6-4-3-5-26(27)36-44(41,42)23-10-7-21(32)8-11-23/h3-14,19-20,36H,2,15-18H2,1H3. The van der Waals surface area contributed by atoms with E-state index in [0.717, 1.165) is 31.2 Å². The van der Waals surface area contributed by atoms with E-state index >= 15 is 0 Å². The minimum absolute atomic E-state index is 0.177. The summed E-state index contributed by atoms with van der Waals surface area (Å²) in [5.41, 5.74) is 3.11. The number of carbonyl (C=O) groups excluding carboxylic acids is 1. The molecule has 0 bridgehead atoms. The maximum atomic E-state index is 13.5. The summed E-state index contributed by atoms with van der Waals surface area (Å²) < 4.78 is 38.1. The van der Waals surface area contributed by atoms with E-state index < -0.39 is 16.0 Å². The van der Waals surface area contributed by atoms with Crippen LogP contribution in [0.4, 0.5) is 17.1 Å². The van der Waals surface area contributed by atoms with E-state index in [4.69, 9.17) is 9.72 Å². The van der Waals surface area contributed by atoms with Gasteiger partial charge in [-0.25, -0.2) is 23.2 Å². The first kappa shape index (κ1) is 30.1. The first-order chi connectivity index (χ1) is 21.2. The highest BCUT2D eigenvalue weighted by Gasteiger charge is 2.30. The smallest absolute Gasteiger partial charge is 0.344 e. The van der Waals surface area contributed by atoms with Crippen molar-refractivity contribution in [1.82, 2.24) is 14.5 Å². The Morgan fingerprint density at radius 3 is 2.36 bits per heavy atom.